The van der Waals surface area contributed by atoms with Crippen LogP contribution in [0.15, 0.2) is 105 Å². The molecule has 0 nitrogen and oxygen atoms in total. The highest BCUT2D eigenvalue weighted by Gasteiger charge is 2.13. The topological polar surface area (TPSA) is 0 Å². The zero-order valence-electron chi connectivity index (χ0n) is 16.3. The smallest absolute Gasteiger partial charge is 0.0367 e. The van der Waals surface area contributed by atoms with Crippen molar-refractivity contribution in [2.24, 2.45) is 0 Å². The zero-order valence-corrected chi connectivity index (χ0v) is 18.8. The Hall–Kier alpha value is -2.20. The minimum absolute atomic E-state index is 1.27. The van der Waals surface area contributed by atoms with E-state index >= 15 is 0 Å². The summed E-state index contributed by atoms with van der Waals surface area (Å²) in [5.74, 6) is 0. The Kier molecular flexibility index (Phi) is 5.13. The molecule has 3 heteroatoms. The van der Waals surface area contributed by atoms with E-state index in [1.165, 1.54) is 50.9 Å². The van der Waals surface area contributed by atoms with Gasteiger partial charge in [-0.15, -0.1) is 11.3 Å². The highest BCUT2D eigenvalue weighted by Crippen LogP contribution is 2.45. The monoisotopic (exact) mass is 428 g/mol. The molecule has 0 N–H and O–H groups in total. The zero-order chi connectivity index (χ0) is 19.8. The van der Waals surface area contributed by atoms with Crippen LogP contribution >= 0.6 is 34.9 Å². The molecule has 5 rings (SSSR count). The lowest BCUT2D eigenvalue weighted by Gasteiger charge is -2.10. The van der Waals surface area contributed by atoms with Crippen LogP contribution in [-0.4, -0.2) is 0 Å². The second-order valence-corrected chi connectivity index (χ2v) is 10.5. The van der Waals surface area contributed by atoms with Crippen molar-refractivity contribution in [1.82, 2.24) is 0 Å². The van der Waals surface area contributed by atoms with Crippen LogP contribution in [0.5, 0.6) is 0 Å². The van der Waals surface area contributed by atoms with Gasteiger partial charge in [-0.3, -0.25) is 0 Å². The van der Waals surface area contributed by atoms with Gasteiger partial charge in [0.2, 0.25) is 0 Å². The van der Waals surface area contributed by atoms with Gasteiger partial charge in [0.1, 0.15) is 0 Å². The Morgan fingerprint density at radius 3 is 1.66 bits per heavy atom. The summed E-state index contributed by atoms with van der Waals surface area (Å²) >= 11 is 5.60. The molecule has 142 valence electrons. The van der Waals surface area contributed by atoms with E-state index in [1.54, 1.807) is 0 Å². The predicted octanol–water partition coefficient (Wildman–Crippen LogP) is 8.97. The number of thiophene rings is 1. The Bertz CT molecular complexity index is 1300. The van der Waals surface area contributed by atoms with Crippen LogP contribution in [0.25, 0.3) is 20.2 Å². The fourth-order valence-corrected chi connectivity index (χ4v) is 6.73. The molecule has 0 aliphatic heterocycles. The highest BCUT2D eigenvalue weighted by atomic mass is 32.2. The summed E-state index contributed by atoms with van der Waals surface area (Å²) < 4.78 is 2.74. The summed E-state index contributed by atoms with van der Waals surface area (Å²) in [4.78, 5) is 5.18. The molecule has 29 heavy (non-hydrogen) atoms. The fraction of sp³-hybridized carbons (Fsp3) is 0.0769. The lowest BCUT2D eigenvalue weighted by molar-refractivity contribution is 1.26. The molecule has 0 spiro atoms. The number of fused-ring (bicyclic) bond motifs is 3. The van der Waals surface area contributed by atoms with Gasteiger partial charge in [0.15, 0.2) is 0 Å². The lowest BCUT2D eigenvalue weighted by atomic mass is 10.1. The summed E-state index contributed by atoms with van der Waals surface area (Å²) in [5, 5.41) is 2.74. The third-order valence-corrected chi connectivity index (χ3v) is 8.47. The molecular formula is C26H20S3. The minimum Gasteiger partial charge on any atom is -0.135 e. The second-order valence-electron chi connectivity index (χ2n) is 7.16. The third kappa shape index (κ3) is 3.83. The number of aryl methyl sites for hydroxylation is 2. The Labute approximate surface area is 184 Å². The average Bonchev–Trinajstić information content (AvgIpc) is 3.06. The minimum atomic E-state index is 1.27. The van der Waals surface area contributed by atoms with Crippen LogP contribution in [0.4, 0.5) is 0 Å². The lowest BCUT2D eigenvalue weighted by Crippen LogP contribution is -1.82. The Morgan fingerprint density at radius 2 is 1.03 bits per heavy atom. The van der Waals surface area contributed by atoms with Crippen molar-refractivity contribution in [3.8, 4) is 0 Å². The van der Waals surface area contributed by atoms with Crippen LogP contribution in [0.1, 0.15) is 11.1 Å². The van der Waals surface area contributed by atoms with Gasteiger partial charge >= 0.3 is 0 Å². The SMILES string of the molecule is Cc1cc2sc3cc(Sc4ccccc4)c(Sc4ccccc4)cc3c2cc1C. The van der Waals surface area contributed by atoms with Crippen LogP contribution in [0, 0.1) is 13.8 Å². The van der Waals surface area contributed by atoms with Gasteiger partial charge in [0.25, 0.3) is 0 Å². The van der Waals surface area contributed by atoms with E-state index in [0.717, 1.165) is 0 Å². The number of rotatable bonds is 4. The molecule has 0 atom stereocenters. The van der Waals surface area contributed by atoms with Gasteiger partial charge in [-0.25, -0.2) is 0 Å². The maximum Gasteiger partial charge on any atom is 0.0367 e. The number of benzene rings is 4. The van der Waals surface area contributed by atoms with Crippen molar-refractivity contribution in [2.45, 2.75) is 33.4 Å². The van der Waals surface area contributed by atoms with Gasteiger partial charge in [-0.2, -0.15) is 0 Å². The molecule has 0 radical (unpaired) electrons. The van der Waals surface area contributed by atoms with Crippen molar-refractivity contribution in [3.05, 3.63) is 96.1 Å². The van der Waals surface area contributed by atoms with E-state index in [4.69, 9.17) is 0 Å². The van der Waals surface area contributed by atoms with Crippen LogP contribution in [0.2, 0.25) is 0 Å². The van der Waals surface area contributed by atoms with Gasteiger partial charge in [0, 0.05) is 39.8 Å². The van der Waals surface area contributed by atoms with E-state index < -0.39 is 0 Å². The van der Waals surface area contributed by atoms with Crippen molar-refractivity contribution >= 4 is 55.0 Å². The predicted molar refractivity (Wildman–Crippen MR) is 130 cm³/mol. The molecule has 0 aliphatic carbocycles. The second kappa shape index (κ2) is 7.91. The molecule has 0 amide bonds. The molecule has 0 fully saturated rings. The van der Waals surface area contributed by atoms with Gasteiger partial charge in [0.05, 0.1) is 0 Å². The molecule has 4 aromatic carbocycles. The summed E-state index contributed by atoms with van der Waals surface area (Å²) in [7, 11) is 0. The first kappa shape index (κ1) is 18.8. The quantitative estimate of drug-likeness (QED) is 0.280. The highest BCUT2D eigenvalue weighted by molar-refractivity contribution is 8.02. The summed E-state index contributed by atoms with van der Waals surface area (Å²) in [6, 6.07) is 30.8. The van der Waals surface area contributed by atoms with E-state index in [2.05, 4.69) is 98.8 Å². The fourth-order valence-electron chi connectivity index (χ4n) is 3.43. The van der Waals surface area contributed by atoms with Crippen molar-refractivity contribution in [2.75, 3.05) is 0 Å². The van der Waals surface area contributed by atoms with Gasteiger partial charge < -0.3 is 0 Å². The summed E-state index contributed by atoms with van der Waals surface area (Å²) in [5.41, 5.74) is 2.72. The molecule has 0 unspecified atom stereocenters. The van der Waals surface area contributed by atoms with E-state index in [1.807, 2.05) is 34.9 Å². The number of hydrogen-bond donors (Lipinski definition) is 0. The van der Waals surface area contributed by atoms with E-state index in [0.29, 0.717) is 0 Å². The molecule has 1 heterocycles. The van der Waals surface area contributed by atoms with Crippen LogP contribution in [-0.2, 0) is 0 Å². The maximum absolute atomic E-state index is 2.39. The third-order valence-electron chi connectivity index (χ3n) is 5.09. The largest absolute Gasteiger partial charge is 0.135 e. The van der Waals surface area contributed by atoms with Crippen LogP contribution in [0.3, 0.4) is 0 Å². The molecule has 0 saturated carbocycles. The molecular weight excluding hydrogens is 408 g/mol. The van der Waals surface area contributed by atoms with E-state index in [9.17, 15) is 0 Å². The molecule has 0 bridgehead atoms. The Balaban J connectivity index is 1.69. The maximum atomic E-state index is 2.39. The average molecular weight is 429 g/mol. The molecule has 5 aromatic rings. The Morgan fingerprint density at radius 1 is 0.552 bits per heavy atom. The molecule has 0 aliphatic rings. The normalized spacial score (nSPS) is 11.4. The summed E-state index contributed by atoms with van der Waals surface area (Å²) in [6.45, 7) is 4.41. The van der Waals surface area contributed by atoms with Crippen molar-refractivity contribution in [3.63, 3.8) is 0 Å². The first-order valence-corrected chi connectivity index (χ1v) is 12.1. The first-order chi connectivity index (χ1) is 14.2. The molecule has 0 saturated heterocycles. The number of hydrogen-bond acceptors (Lipinski definition) is 3. The molecule has 1 aromatic heterocycles. The summed E-state index contributed by atoms with van der Waals surface area (Å²) in [6.07, 6.45) is 0. The first-order valence-electron chi connectivity index (χ1n) is 9.61. The van der Waals surface area contributed by atoms with E-state index in [-0.39, 0.29) is 0 Å². The van der Waals surface area contributed by atoms with Crippen LogP contribution < -0.4 is 0 Å². The van der Waals surface area contributed by atoms with Gasteiger partial charge in [-0.1, -0.05) is 59.9 Å². The van der Waals surface area contributed by atoms with Gasteiger partial charge in [-0.05, 0) is 73.5 Å². The van der Waals surface area contributed by atoms with Crippen molar-refractivity contribution in [1.29, 1.82) is 0 Å². The van der Waals surface area contributed by atoms with Crippen molar-refractivity contribution < 1.29 is 0 Å². The standard InChI is InChI=1S/C26H20S3/c1-17-13-21-22-15-25(27-19-9-5-3-6-10-19)26(28-20-11-7-4-8-12-20)16-24(22)29-23(21)14-18(17)2/h3-16H,1-2H3.